The monoisotopic (exact) mass is 379 g/mol. The highest BCUT2D eigenvalue weighted by Gasteiger charge is 2.61. The molecule has 2 aromatic rings. The predicted octanol–water partition coefficient (Wildman–Crippen LogP) is 3.31. The number of carbonyl (C=O) groups excluding carboxylic acids is 1. The highest BCUT2D eigenvalue weighted by Crippen LogP contribution is 2.52. The zero-order chi connectivity index (χ0) is 19.7. The second-order valence-electron chi connectivity index (χ2n) is 7.90. The number of aliphatic carboxylic acids is 1. The summed E-state index contributed by atoms with van der Waals surface area (Å²) in [5.74, 6) is -0.0571. The molecule has 0 spiro atoms. The van der Waals surface area contributed by atoms with Crippen LogP contribution in [0, 0.1) is 5.41 Å². The summed E-state index contributed by atoms with van der Waals surface area (Å²) >= 11 is 0. The van der Waals surface area contributed by atoms with Gasteiger partial charge in [0.15, 0.2) is 0 Å². The average Bonchev–Trinajstić information content (AvgIpc) is 3.25. The van der Waals surface area contributed by atoms with E-state index >= 15 is 0 Å². The molecule has 146 valence electrons. The summed E-state index contributed by atoms with van der Waals surface area (Å²) in [6.45, 7) is 0. The Balaban J connectivity index is 1.57. The molecule has 2 saturated heterocycles. The van der Waals surface area contributed by atoms with E-state index in [1.165, 1.54) is 0 Å². The number of carbonyl (C=O) groups is 2. The lowest BCUT2D eigenvalue weighted by molar-refractivity contribution is -0.151. The van der Waals surface area contributed by atoms with Gasteiger partial charge in [-0.1, -0.05) is 42.5 Å². The zero-order valence-corrected chi connectivity index (χ0v) is 16.0. The zero-order valence-electron chi connectivity index (χ0n) is 16.0. The number of hydrogen-bond donors (Lipinski definition) is 1. The lowest BCUT2D eigenvalue weighted by Gasteiger charge is -2.33. The van der Waals surface area contributed by atoms with Gasteiger partial charge >= 0.3 is 5.97 Å². The molecule has 2 heterocycles. The van der Waals surface area contributed by atoms with Crippen LogP contribution in [0.15, 0.2) is 54.6 Å². The van der Waals surface area contributed by atoms with Crippen molar-refractivity contribution in [2.24, 2.45) is 5.41 Å². The van der Waals surface area contributed by atoms with Crippen LogP contribution >= 0.6 is 0 Å². The Labute approximate surface area is 164 Å². The Hall–Kier alpha value is -2.82. The molecule has 5 heteroatoms. The summed E-state index contributed by atoms with van der Waals surface area (Å²) < 4.78 is 5.24. The van der Waals surface area contributed by atoms with Gasteiger partial charge in [-0.3, -0.25) is 9.59 Å². The van der Waals surface area contributed by atoms with Crippen LogP contribution in [0.25, 0.3) is 0 Å². The number of fused-ring (bicyclic) bond motifs is 2. The highest BCUT2D eigenvalue weighted by atomic mass is 16.5. The first-order valence-electron chi connectivity index (χ1n) is 9.75. The summed E-state index contributed by atoms with van der Waals surface area (Å²) in [5.41, 5.74) is 1.01. The third-order valence-corrected chi connectivity index (χ3v) is 6.31. The molecular formula is C23H25NO4. The van der Waals surface area contributed by atoms with Crippen molar-refractivity contribution in [3.63, 3.8) is 0 Å². The van der Waals surface area contributed by atoms with Crippen molar-refractivity contribution in [3.8, 4) is 5.75 Å². The van der Waals surface area contributed by atoms with E-state index in [1.54, 1.807) is 7.11 Å². The maximum atomic E-state index is 13.1. The lowest BCUT2D eigenvalue weighted by atomic mass is 9.70. The van der Waals surface area contributed by atoms with Crippen LogP contribution in [0.5, 0.6) is 5.75 Å². The molecule has 4 rings (SSSR count). The Morgan fingerprint density at radius 1 is 1.11 bits per heavy atom. The van der Waals surface area contributed by atoms with Gasteiger partial charge in [-0.15, -0.1) is 0 Å². The molecule has 0 saturated carbocycles. The Kier molecular flexibility index (Phi) is 4.84. The molecule has 5 nitrogen and oxygen atoms in total. The first kappa shape index (κ1) is 18.5. The minimum atomic E-state index is -0.895. The fraction of sp³-hybridized carbons (Fsp3) is 0.391. The van der Waals surface area contributed by atoms with Gasteiger partial charge in [0.1, 0.15) is 5.75 Å². The molecule has 2 aromatic carbocycles. The van der Waals surface area contributed by atoms with Gasteiger partial charge in [0.2, 0.25) is 5.91 Å². The number of nitrogens with zero attached hydrogens (tertiary/aromatic N) is 1. The van der Waals surface area contributed by atoms with Crippen molar-refractivity contribution in [2.75, 3.05) is 7.11 Å². The Morgan fingerprint density at radius 3 is 2.57 bits per heavy atom. The van der Waals surface area contributed by atoms with E-state index in [0.29, 0.717) is 12.8 Å². The second kappa shape index (κ2) is 7.30. The Bertz CT molecular complexity index is 881. The number of hydrogen-bond acceptors (Lipinski definition) is 3. The molecule has 2 bridgehead atoms. The van der Waals surface area contributed by atoms with Gasteiger partial charge in [0, 0.05) is 12.1 Å². The third-order valence-electron chi connectivity index (χ3n) is 6.31. The van der Waals surface area contributed by atoms with Crippen molar-refractivity contribution >= 4 is 11.9 Å². The molecule has 1 N–H and O–H groups in total. The minimum absolute atomic E-state index is 0.0111. The molecule has 28 heavy (non-hydrogen) atoms. The number of ether oxygens (including phenoxy) is 1. The second-order valence-corrected chi connectivity index (χ2v) is 7.90. The van der Waals surface area contributed by atoms with Crippen LogP contribution in [-0.2, 0) is 22.4 Å². The van der Waals surface area contributed by atoms with E-state index in [-0.39, 0.29) is 24.4 Å². The molecular weight excluding hydrogens is 354 g/mol. The van der Waals surface area contributed by atoms with Gasteiger partial charge in [-0.2, -0.15) is 0 Å². The molecule has 2 aliphatic heterocycles. The summed E-state index contributed by atoms with van der Waals surface area (Å²) in [6, 6.07) is 17.0. The highest BCUT2D eigenvalue weighted by molar-refractivity contribution is 5.84. The van der Waals surface area contributed by atoms with Gasteiger partial charge < -0.3 is 14.7 Å². The predicted molar refractivity (Wildman–Crippen MR) is 105 cm³/mol. The van der Waals surface area contributed by atoms with Crippen LogP contribution in [0.4, 0.5) is 0 Å². The van der Waals surface area contributed by atoms with E-state index in [4.69, 9.17) is 4.74 Å². The number of carboxylic acids is 1. The number of rotatable bonds is 6. The normalized spacial score (nSPS) is 25.7. The largest absolute Gasteiger partial charge is 0.497 e. The summed E-state index contributed by atoms with van der Waals surface area (Å²) in [4.78, 5) is 27.4. The number of methoxy groups -OCH3 is 1. The van der Waals surface area contributed by atoms with Crippen molar-refractivity contribution in [3.05, 3.63) is 65.7 Å². The van der Waals surface area contributed by atoms with E-state index in [1.807, 2.05) is 59.5 Å². The fourth-order valence-electron chi connectivity index (χ4n) is 5.06. The SMILES string of the molecule is COc1cccc(CC(=O)N2[C@H]3CC[C@@H]2[C@](Cc2ccccc2)(C(=O)O)C3)c1. The molecule has 3 atom stereocenters. The summed E-state index contributed by atoms with van der Waals surface area (Å²) in [5, 5.41) is 10.2. The van der Waals surface area contributed by atoms with Crippen LogP contribution < -0.4 is 4.74 Å². The number of benzene rings is 2. The summed E-state index contributed by atoms with van der Waals surface area (Å²) in [7, 11) is 1.60. The first-order chi connectivity index (χ1) is 13.5. The Morgan fingerprint density at radius 2 is 1.86 bits per heavy atom. The van der Waals surface area contributed by atoms with Gasteiger partial charge in [0.05, 0.1) is 18.9 Å². The van der Waals surface area contributed by atoms with Crippen LogP contribution in [0.3, 0.4) is 0 Å². The van der Waals surface area contributed by atoms with E-state index in [0.717, 1.165) is 29.7 Å². The fourth-order valence-corrected chi connectivity index (χ4v) is 5.06. The maximum Gasteiger partial charge on any atom is 0.312 e. The van der Waals surface area contributed by atoms with Crippen LogP contribution in [-0.4, -0.2) is 41.1 Å². The molecule has 0 radical (unpaired) electrons. The van der Waals surface area contributed by atoms with Crippen molar-refractivity contribution in [1.82, 2.24) is 4.90 Å². The van der Waals surface area contributed by atoms with Crippen molar-refractivity contribution < 1.29 is 19.4 Å². The van der Waals surface area contributed by atoms with Gasteiger partial charge in [0.25, 0.3) is 0 Å². The minimum Gasteiger partial charge on any atom is -0.497 e. The quantitative estimate of drug-likeness (QED) is 0.836. The molecule has 2 aliphatic rings. The molecule has 2 fully saturated rings. The smallest absolute Gasteiger partial charge is 0.312 e. The third kappa shape index (κ3) is 3.15. The lowest BCUT2D eigenvalue weighted by Crippen LogP contribution is -2.46. The van der Waals surface area contributed by atoms with Crippen molar-refractivity contribution in [1.29, 1.82) is 0 Å². The van der Waals surface area contributed by atoms with Gasteiger partial charge in [-0.25, -0.2) is 0 Å². The maximum absolute atomic E-state index is 13.1. The van der Waals surface area contributed by atoms with E-state index in [2.05, 4.69) is 0 Å². The molecule has 0 aromatic heterocycles. The van der Waals surface area contributed by atoms with Gasteiger partial charge in [-0.05, 0) is 48.9 Å². The van der Waals surface area contributed by atoms with Crippen LogP contribution in [0.2, 0.25) is 0 Å². The number of carboxylic acid groups (broad SMARTS) is 1. The molecule has 1 amide bonds. The standard InChI is InChI=1S/C23H25NO4/c1-28-19-9-5-8-17(12-19)13-21(25)24-18-10-11-20(24)23(15-18,22(26)27)14-16-6-3-2-4-7-16/h2-9,12,18,20H,10-11,13-15H2,1H3,(H,26,27)/t18-,20+,23+/m0/s1. The van der Waals surface area contributed by atoms with E-state index < -0.39 is 11.4 Å². The molecule has 0 aliphatic carbocycles. The topological polar surface area (TPSA) is 66.8 Å². The molecule has 0 unspecified atom stereocenters. The number of amides is 1. The average molecular weight is 379 g/mol. The van der Waals surface area contributed by atoms with Crippen LogP contribution in [0.1, 0.15) is 30.4 Å². The first-order valence-corrected chi connectivity index (χ1v) is 9.75. The van der Waals surface area contributed by atoms with E-state index in [9.17, 15) is 14.7 Å². The summed E-state index contributed by atoms with van der Waals surface area (Å²) in [6.07, 6.45) is 2.91. The van der Waals surface area contributed by atoms with Crippen molar-refractivity contribution in [2.45, 2.75) is 44.2 Å².